The molecule has 3 N–H and O–H groups in total. The van der Waals surface area contributed by atoms with E-state index in [2.05, 4.69) is 22.9 Å². The number of nitrogens with zero attached hydrogens (tertiary/aromatic N) is 4. The Bertz CT molecular complexity index is 1330. The molecule has 1 unspecified atom stereocenters. The van der Waals surface area contributed by atoms with Crippen LogP contribution in [0.2, 0.25) is 0 Å². The Labute approximate surface area is 230 Å². The number of benzene rings is 1. The Morgan fingerprint density at radius 1 is 1.10 bits per heavy atom. The van der Waals surface area contributed by atoms with Gasteiger partial charge in [-0.15, -0.1) is 0 Å². The molecule has 1 atom stereocenters. The lowest BCUT2D eigenvalue weighted by Crippen LogP contribution is -2.58. The fourth-order valence-corrected chi connectivity index (χ4v) is 5.34. The van der Waals surface area contributed by atoms with E-state index in [1.807, 2.05) is 42.2 Å². The highest BCUT2D eigenvalue weighted by Crippen LogP contribution is 2.43. The number of hydrogen-bond acceptors (Lipinski definition) is 6. The second kappa shape index (κ2) is 11.1. The summed E-state index contributed by atoms with van der Waals surface area (Å²) in [4.78, 5) is 38.1. The van der Waals surface area contributed by atoms with Gasteiger partial charge in [0.05, 0.1) is 18.8 Å². The molecular formula is C30H40N6O3. The number of carbonyl (C=O) groups excluding carboxylic acids is 2. The molecule has 3 aromatic rings. The molecule has 1 aliphatic heterocycles. The fraction of sp³-hybridized carbons (Fsp3) is 0.533. The number of aryl methyl sites for hydroxylation is 2. The highest BCUT2D eigenvalue weighted by Gasteiger charge is 2.36. The summed E-state index contributed by atoms with van der Waals surface area (Å²) in [5.41, 5.74) is 10.0. The van der Waals surface area contributed by atoms with Crippen LogP contribution in [0.25, 0.3) is 11.2 Å². The zero-order valence-corrected chi connectivity index (χ0v) is 23.4. The molecule has 0 spiro atoms. The molecule has 1 aliphatic carbocycles. The van der Waals surface area contributed by atoms with Crippen LogP contribution in [0.5, 0.6) is 0 Å². The number of likely N-dealkylation sites (tertiary alicyclic amines) is 1. The van der Waals surface area contributed by atoms with Crippen molar-refractivity contribution in [1.29, 1.82) is 0 Å². The molecule has 3 heterocycles. The molecule has 2 amide bonds. The summed E-state index contributed by atoms with van der Waals surface area (Å²) in [6.07, 6.45) is 3.94. The SMILES string of the molecule is Cc1cc(C)c2nc(C3CC3)n(C3CCN(C(=O)C(COCc4ccccc4)NC(=O)C(C)(C)N)CC3)c2n1. The third-order valence-corrected chi connectivity index (χ3v) is 7.66. The van der Waals surface area contributed by atoms with Crippen molar-refractivity contribution in [2.45, 2.75) is 83.5 Å². The summed E-state index contributed by atoms with van der Waals surface area (Å²) in [6, 6.07) is 11.3. The van der Waals surface area contributed by atoms with Gasteiger partial charge in [0.25, 0.3) is 0 Å². The molecule has 9 heteroatoms. The molecule has 5 rings (SSSR count). The van der Waals surface area contributed by atoms with Crippen LogP contribution in [0.15, 0.2) is 36.4 Å². The van der Waals surface area contributed by atoms with E-state index in [1.165, 1.54) is 12.8 Å². The first kappa shape index (κ1) is 27.3. The highest BCUT2D eigenvalue weighted by molar-refractivity contribution is 5.91. The van der Waals surface area contributed by atoms with Crippen LogP contribution in [-0.4, -0.2) is 62.5 Å². The van der Waals surface area contributed by atoms with Gasteiger partial charge in [-0.25, -0.2) is 9.97 Å². The average molecular weight is 533 g/mol. The summed E-state index contributed by atoms with van der Waals surface area (Å²) < 4.78 is 8.24. The predicted octanol–water partition coefficient (Wildman–Crippen LogP) is 3.53. The van der Waals surface area contributed by atoms with Crippen LogP contribution >= 0.6 is 0 Å². The maximum atomic E-state index is 13.6. The van der Waals surface area contributed by atoms with Gasteiger partial charge in [0.2, 0.25) is 11.8 Å². The zero-order valence-electron chi connectivity index (χ0n) is 23.4. The molecule has 2 fully saturated rings. The van der Waals surface area contributed by atoms with Crippen molar-refractivity contribution in [2.24, 2.45) is 5.73 Å². The Morgan fingerprint density at radius 2 is 1.79 bits per heavy atom. The average Bonchev–Trinajstić information content (AvgIpc) is 3.68. The van der Waals surface area contributed by atoms with E-state index >= 15 is 0 Å². The third kappa shape index (κ3) is 6.15. The lowest BCUT2D eigenvalue weighted by molar-refractivity contribution is -0.140. The molecule has 1 saturated heterocycles. The van der Waals surface area contributed by atoms with Crippen LogP contribution in [0.3, 0.4) is 0 Å². The molecule has 2 aliphatic rings. The van der Waals surface area contributed by atoms with E-state index in [9.17, 15) is 9.59 Å². The minimum atomic E-state index is -1.10. The molecule has 0 bridgehead atoms. The van der Waals surface area contributed by atoms with Gasteiger partial charge in [0, 0.05) is 30.7 Å². The largest absolute Gasteiger partial charge is 0.374 e. The number of pyridine rings is 1. The molecule has 1 saturated carbocycles. The molecule has 2 aromatic heterocycles. The standard InChI is InChI=1S/C30H40N6O3/c1-19-16-20(2)32-27-25(19)34-26(22-10-11-22)36(27)23-12-14-35(15-13-23)28(37)24(33-29(38)30(3,4)31)18-39-17-21-8-6-5-7-9-21/h5-9,16,22-24H,10-15,17-18,31H2,1-4H3,(H,33,38). The zero-order chi connectivity index (χ0) is 27.7. The monoisotopic (exact) mass is 532 g/mol. The first-order chi connectivity index (χ1) is 18.6. The number of rotatable bonds is 9. The molecular weight excluding hydrogens is 492 g/mol. The van der Waals surface area contributed by atoms with Crippen molar-refractivity contribution in [3.05, 3.63) is 59.0 Å². The van der Waals surface area contributed by atoms with Crippen molar-refractivity contribution in [3.8, 4) is 0 Å². The minimum absolute atomic E-state index is 0.0793. The predicted molar refractivity (Wildman–Crippen MR) is 150 cm³/mol. The lowest BCUT2D eigenvalue weighted by Gasteiger charge is -2.36. The van der Waals surface area contributed by atoms with Crippen molar-refractivity contribution in [3.63, 3.8) is 0 Å². The Balaban J connectivity index is 1.29. The number of hydrogen-bond donors (Lipinski definition) is 2. The van der Waals surface area contributed by atoms with Gasteiger partial charge in [-0.2, -0.15) is 0 Å². The van der Waals surface area contributed by atoms with Crippen LogP contribution in [0.1, 0.15) is 74.1 Å². The third-order valence-electron chi connectivity index (χ3n) is 7.66. The van der Waals surface area contributed by atoms with E-state index in [-0.39, 0.29) is 24.5 Å². The molecule has 9 nitrogen and oxygen atoms in total. The van der Waals surface area contributed by atoms with Crippen LogP contribution in [0.4, 0.5) is 0 Å². The number of carbonyl (C=O) groups is 2. The van der Waals surface area contributed by atoms with E-state index in [4.69, 9.17) is 20.4 Å². The van der Waals surface area contributed by atoms with Crippen molar-refractivity contribution >= 4 is 23.0 Å². The Morgan fingerprint density at radius 3 is 2.44 bits per heavy atom. The number of amides is 2. The first-order valence-electron chi connectivity index (χ1n) is 14.0. The molecule has 208 valence electrons. The van der Waals surface area contributed by atoms with Gasteiger partial charge >= 0.3 is 0 Å². The van der Waals surface area contributed by atoms with Gasteiger partial charge in [-0.05, 0) is 70.6 Å². The second-order valence-electron chi connectivity index (χ2n) is 11.7. The van der Waals surface area contributed by atoms with Crippen LogP contribution < -0.4 is 11.1 Å². The maximum absolute atomic E-state index is 13.6. The van der Waals surface area contributed by atoms with E-state index in [0.29, 0.717) is 25.6 Å². The highest BCUT2D eigenvalue weighted by atomic mass is 16.5. The number of fused-ring (bicyclic) bond motifs is 1. The van der Waals surface area contributed by atoms with E-state index in [1.54, 1.807) is 13.8 Å². The molecule has 39 heavy (non-hydrogen) atoms. The number of ether oxygens (including phenoxy) is 1. The molecule has 1 aromatic carbocycles. The van der Waals surface area contributed by atoms with Gasteiger partial charge in [-0.1, -0.05) is 30.3 Å². The van der Waals surface area contributed by atoms with Crippen LogP contribution in [0, 0.1) is 13.8 Å². The van der Waals surface area contributed by atoms with E-state index < -0.39 is 11.6 Å². The number of nitrogens with one attached hydrogen (secondary N) is 1. The maximum Gasteiger partial charge on any atom is 0.247 e. The fourth-order valence-electron chi connectivity index (χ4n) is 5.34. The summed E-state index contributed by atoms with van der Waals surface area (Å²) in [7, 11) is 0. The summed E-state index contributed by atoms with van der Waals surface area (Å²) >= 11 is 0. The van der Waals surface area contributed by atoms with Crippen molar-refractivity contribution < 1.29 is 14.3 Å². The Kier molecular flexibility index (Phi) is 7.73. The topological polar surface area (TPSA) is 115 Å². The molecule has 0 radical (unpaired) electrons. The van der Waals surface area contributed by atoms with Gasteiger partial charge in [0.1, 0.15) is 17.4 Å². The minimum Gasteiger partial charge on any atom is -0.374 e. The normalized spacial score (nSPS) is 17.4. The number of nitrogens with two attached hydrogens (primary N) is 1. The van der Waals surface area contributed by atoms with Gasteiger partial charge in [0.15, 0.2) is 5.65 Å². The van der Waals surface area contributed by atoms with E-state index in [0.717, 1.165) is 46.7 Å². The van der Waals surface area contributed by atoms with Crippen LogP contribution in [-0.2, 0) is 20.9 Å². The lowest BCUT2D eigenvalue weighted by atomic mass is 10.0. The second-order valence-corrected chi connectivity index (χ2v) is 11.7. The van der Waals surface area contributed by atoms with Crippen molar-refractivity contribution in [2.75, 3.05) is 19.7 Å². The summed E-state index contributed by atoms with van der Waals surface area (Å²) in [5, 5.41) is 2.84. The summed E-state index contributed by atoms with van der Waals surface area (Å²) in [6.45, 7) is 9.01. The number of piperidine rings is 1. The number of imidazole rings is 1. The van der Waals surface area contributed by atoms with Gasteiger partial charge in [-0.3, -0.25) is 9.59 Å². The van der Waals surface area contributed by atoms with Gasteiger partial charge < -0.3 is 25.3 Å². The Hall–Kier alpha value is -3.30. The first-order valence-corrected chi connectivity index (χ1v) is 14.0. The quantitative estimate of drug-likeness (QED) is 0.436. The smallest absolute Gasteiger partial charge is 0.247 e. The summed E-state index contributed by atoms with van der Waals surface area (Å²) in [5.74, 6) is 1.12. The number of aromatic nitrogens is 3. The van der Waals surface area contributed by atoms with Crippen molar-refractivity contribution in [1.82, 2.24) is 24.8 Å².